The van der Waals surface area contributed by atoms with Crippen molar-refractivity contribution in [1.29, 1.82) is 0 Å². The molecular formula is C16H15NO2. The fraction of sp³-hybridized carbons (Fsp3) is 0.250. The van der Waals surface area contributed by atoms with Gasteiger partial charge in [-0.05, 0) is 41.9 Å². The van der Waals surface area contributed by atoms with E-state index in [0.29, 0.717) is 0 Å². The number of fused-ring (bicyclic) bond motifs is 1. The Kier molecular flexibility index (Phi) is 1.89. The van der Waals surface area contributed by atoms with Crippen LogP contribution in [0.2, 0.25) is 0 Å². The number of hydrogen-bond donors (Lipinski definition) is 3. The van der Waals surface area contributed by atoms with Gasteiger partial charge < -0.3 is 15.5 Å². The van der Waals surface area contributed by atoms with Crippen LogP contribution >= 0.6 is 0 Å². The van der Waals surface area contributed by atoms with Crippen LogP contribution in [0.1, 0.15) is 17.5 Å². The highest BCUT2D eigenvalue weighted by Gasteiger charge is 2.57. The molecule has 1 fully saturated rings. The summed E-state index contributed by atoms with van der Waals surface area (Å²) in [5.74, 6) is 0.225. The molecule has 3 nitrogen and oxygen atoms in total. The van der Waals surface area contributed by atoms with Crippen LogP contribution < -0.4 is 5.32 Å². The molecule has 2 unspecified atom stereocenters. The van der Waals surface area contributed by atoms with E-state index in [1.165, 1.54) is 0 Å². The predicted molar refractivity (Wildman–Crippen MR) is 73.5 cm³/mol. The smallest absolute Gasteiger partial charge is 0.136 e. The second-order valence-electron chi connectivity index (χ2n) is 5.46. The van der Waals surface area contributed by atoms with Gasteiger partial charge in [0.1, 0.15) is 11.4 Å². The number of hydrogen-bond acceptors (Lipinski definition) is 3. The zero-order valence-corrected chi connectivity index (χ0v) is 10.4. The summed E-state index contributed by atoms with van der Waals surface area (Å²) in [6, 6.07) is 8.07. The second kappa shape index (κ2) is 3.31. The maximum atomic E-state index is 11.2. The summed E-state index contributed by atoms with van der Waals surface area (Å²) < 4.78 is 0. The lowest BCUT2D eigenvalue weighted by atomic mass is 9.57. The average molecular weight is 253 g/mol. The van der Waals surface area contributed by atoms with Gasteiger partial charge in [0.05, 0.1) is 5.41 Å². The molecule has 0 aromatic heterocycles. The number of benzene rings is 1. The molecule has 4 rings (SSSR count). The molecule has 0 saturated carbocycles. The summed E-state index contributed by atoms with van der Waals surface area (Å²) in [6.07, 6.45) is 7.85. The van der Waals surface area contributed by atoms with E-state index >= 15 is 0 Å². The molecule has 2 bridgehead atoms. The van der Waals surface area contributed by atoms with Crippen LogP contribution in [0.15, 0.2) is 53.9 Å². The van der Waals surface area contributed by atoms with Crippen LogP contribution in [-0.4, -0.2) is 22.4 Å². The molecule has 1 aliphatic heterocycles. The summed E-state index contributed by atoms with van der Waals surface area (Å²) in [6.45, 7) is 0.792. The summed E-state index contributed by atoms with van der Waals surface area (Å²) in [5, 5.41) is 24.4. The highest BCUT2D eigenvalue weighted by Crippen LogP contribution is 2.53. The summed E-state index contributed by atoms with van der Waals surface area (Å²) in [7, 11) is 0. The average Bonchev–Trinajstić information content (AvgIpc) is 2.39. The third-order valence-electron chi connectivity index (χ3n) is 4.56. The first-order valence-electron chi connectivity index (χ1n) is 6.55. The van der Waals surface area contributed by atoms with E-state index in [-0.39, 0.29) is 5.76 Å². The van der Waals surface area contributed by atoms with Crippen molar-refractivity contribution in [2.24, 2.45) is 0 Å². The van der Waals surface area contributed by atoms with Gasteiger partial charge in [0.15, 0.2) is 0 Å². The van der Waals surface area contributed by atoms with Gasteiger partial charge >= 0.3 is 0 Å². The molecule has 3 heteroatoms. The second-order valence-corrected chi connectivity index (χ2v) is 5.46. The molecule has 0 spiro atoms. The molecule has 96 valence electrons. The number of allylic oxidation sites excluding steroid dienone is 1. The molecule has 3 aliphatic rings. The summed E-state index contributed by atoms with van der Waals surface area (Å²) in [4.78, 5) is 0. The minimum absolute atomic E-state index is 0.225. The normalized spacial score (nSPS) is 34.6. The van der Waals surface area contributed by atoms with E-state index in [1.54, 1.807) is 18.2 Å². The van der Waals surface area contributed by atoms with Gasteiger partial charge in [-0.1, -0.05) is 24.3 Å². The van der Waals surface area contributed by atoms with Crippen molar-refractivity contribution in [2.45, 2.75) is 17.4 Å². The van der Waals surface area contributed by atoms with Crippen molar-refractivity contribution in [2.75, 3.05) is 6.54 Å². The van der Waals surface area contributed by atoms with Crippen molar-refractivity contribution in [3.8, 4) is 0 Å². The molecule has 1 saturated heterocycles. The lowest BCUT2D eigenvalue weighted by Gasteiger charge is -2.53. The molecule has 19 heavy (non-hydrogen) atoms. The Morgan fingerprint density at radius 3 is 2.95 bits per heavy atom. The van der Waals surface area contributed by atoms with Gasteiger partial charge in [-0.15, -0.1) is 0 Å². The minimum atomic E-state index is -1.08. The fourth-order valence-corrected chi connectivity index (χ4v) is 3.65. The number of nitrogens with one attached hydrogen (secondary N) is 1. The molecule has 1 aromatic rings. The lowest BCUT2D eigenvalue weighted by Crippen LogP contribution is -2.61. The molecule has 0 amide bonds. The van der Waals surface area contributed by atoms with E-state index in [0.717, 1.165) is 29.8 Å². The Morgan fingerprint density at radius 2 is 2.05 bits per heavy atom. The largest absolute Gasteiger partial charge is 0.508 e. The van der Waals surface area contributed by atoms with Crippen LogP contribution in [0.4, 0.5) is 0 Å². The van der Waals surface area contributed by atoms with E-state index in [1.807, 2.05) is 30.3 Å². The Labute approximate surface area is 111 Å². The Morgan fingerprint density at radius 1 is 1.21 bits per heavy atom. The first-order valence-corrected chi connectivity index (χ1v) is 6.55. The van der Waals surface area contributed by atoms with Gasteiger partial charge in [0, 0.05) is 12.2 Å². The molecule has 0 radical (unpaired) electrons. The molecule has 1 aromatic carbocycles. The predicted octanol–water partition coefficient (Wildman–Crippen LogP) is 2.01. The van der Waals surface area contributed by atoms with Crippen LogP contribution in [0.3, 0.4) is 0 Å². The molecule has 1 heterocycles. The lowest BCUT2D eigenvalue weighted by molar-refractivity contribution is 0.0306. The van der Waals surface area contributed by atoms with E-state index in [2.05, 4.69) is 5.32 Å². The van der Waals surface area contributed by atoms with Crippen LogP contribution in [-0.2, 0) is 5.41 Å². The number of rotatable bonds is 0. The van der Waals surface area contributed by atoms with Gasteiger partial charge in [-0.3, -0.25) is 0 Å². The Hall–Kier alpha value is -2.00. The first kappa shape index (κ1) is 10.9. The highest BCUT2D eigenvalue weighted by molar-refractivity contribution is 5.70. The van der Waals surface area contributed by atoms with Gasteiger partial charge in [-0.25, -0.2) is 0 Å². The first-order chi connectivity index (χ1) is 9.16. The zero-order chi connectivity index (χ0) is 13.1. The minimum Gasteiger partial charge on any atom is -0.508 e. The van der Waals surface area contributed by atoms with Gasteiger partial charge in [0.2, 0.25) is 0 Å². The molecular weight excluding hydrogens is 238 g/mol. The molecule has 3 N–H and O–H groups in total. The van der Waals surface area contributed by atoms with Crippen LogP contribution in [0.25, 0.3) is 6.08 Å². The molecule has 2 atom stereocenters. The van der Waals surface area contributed by atoms with Gasteiger partial charge in [-0.2, -0.15) is 0 Å². The van der Waals surface area contributed by atoms with E-state index < -0.39 is 11.0 Å². The highest BCUT2D eigenvalue weighted by atomic mass is 16.3. The van der Waals surface area contributed by atoms with Crippen molar-refractivity contribution >= 4 is 6.08 Å². The van der Waals surface area contributed by atoms with Crippen LogP contribution in [0.5, 0.6) is 0 Å². The van der Waals surface area contributed by atoms with Crippen molar-refractivity contribution in [3.05, 3.63) is 65.1 Å². The number of aliphatic hydroxyl groups excluding tert-OH is 1. The van der Waals surface area contributed by atoms with Gasteiger partial charge in [0.25, 0.3) is 0 Å². The van der Waals surface area contributed by atoms with Crippen molar-refractivity contribution in [3.63, 3.8) is 0 Å². The van der Waals surface area contributed by atoms with E-state index in [9.17, 15) is 10.2 Å². The zero-order valence-electron chi connectivity index (χ0n) is 10.4. The molecule has 2 aliphatic carbocycles. The SMILES string of the molecule is OC1=CC23CCNC(=Cc4ccccc42)C3(O)C=C1. The maximum absolute atomic E-state index is 11.2. The topological polar surface area (TPSA) is 52.5 Å². The fourth-order valence-electron chi connectivity index (χ4n) is 3.65. The standard InChI is InChI=1S/C16H15NO2/c18-12-5-6-16(19)14-9-11-3-1-2-4-13(11)15(16,10-12)7-8-17-14/h1-6,9-10,17-19H,7-8H2. The van der Waals surface area contributed by atoms with Crippen molar-refractivity contribution < 1.29 is 10.2 Å². The maximum Gasteiger partial charge on any atom is 0.136 e. The van der Waals surface area contributed by atoms with Crippen molar-refractivity contribution in [1.82, 2.24) is 5.32 Å². The van der Waals surface area contributed by atoms with Crippen LogP contribution in [0, 0.1) is 0 Å². The summed E-state index contributed by atoms with van der Waals surface area (Å²) in [5.41, 5.74) is 1.37. The third kappa shape index (κ3) is 1.16. The number of piperidine rings is 1. The Bertz CT molecular complexity index is 658. The third-order valence-corrected chi connectivity index (χ3v) is 4.56. The Balaban J connectivity index is 2.10. The quantitative estimate of drug-likeness (QED) is 0.663. The number of aliphatic hydroxyl groups is 2. The summed E-state index contributed by atoms with van der Waals surface area (Å²) >= 11 is 0. The van der Waals surface area contributed by atoms with E-state index in [4.69, 9.17) is 0 Å². The monoisotopic (exact) mass is 253 g/mol.